The minimum Gasteiger partial charge on any atom is -0.467 e. The predicted molar refractivity (Wildman–Crippen MR) is 70.3 cm³/mol. The molecule has 1 aromatic rings. The quantitative estimate of drug-likeness (QED) is 0.835. The monoisotopic (exact) mass is 277 g/mol. The highest BCUT2D eigenvalue weighted by Gasteiger charge is 2.57. The van der Waals surface area contributed by atoms with Crippen LogP contribution in [0.4, 0.5) is 0 Å². The summed E-state index contributed by atoms with van der Waals surface area (Å²) < 4.78 is 5.25. The van der Waals surface area contributed by atoms with E-state index in [-0.39, 0.29) is 24.2 Å². The first kappa shape index (κ1) is 13.4. The summed E-state index contributed by atoms with van der Waals surface area (Å²) in [5.41, 5.74) is -0.911. The topological polar surface area (TPSA) is 70.8 Å². The van der Waals surface area contributed by atoms with Crippen molar-refractivity contribution >= 4 is 11.7 Å². The van der Waals surface area contributed by atoms with E-state index in [1.54, 1.807) is 12.1 Å². The van der Waals surface area contributed by atoms with Gasteiger partial charge in [-0.3, -0.25) is 9.59 Å². The van der Waals surface area contributed by atoms with Crippen LogP contribution in [0.15, 0.2) is 22.8 Å². The molecule has 5 nitrogen and oxygen atoms in total. The van der Waals surface area contributed by atoms with E-state index in [2.05, 4.69) is 0 Å². The van der Waals surface area contributed by atoms with Crippen LogP contribution in [0.5, 0.6) is 0 Å². The van der Waals surface area contributed by atoms with Gasteiger partial charge < -0.3 is 14.4 Å². The fourth-order valence-corrected chi connectivity index (χ4v) is 3.63. The number of furan rings is 1. The molecule has 1 amide bonds. The van der Waals surface area contributed by atoms with Gasteiger partial charge in [-0.15, -0.1) is 0 Å². The van der Waals surface area contributed by atoms with Crippen LogP contribution in [0.25, 0.3) is 0 Å². The Morgan fingerprint density at radius 1 is 1.50 bits per heavy atom. The molecule has 1 aliphatic carbocycles. The zero-order valence-corrected chi connectivity index (χ0v) is 11.5. The Kier molecular flexibility index (Phi) is 3.17. The maximum absolute atomic E-state index is 12.8. The van der Waals surface area contributed by atoms with E-state index in [9.17, 15) is 14.7 Å². The number of carbonyl (C=O) groups is 2. The van der Waals surface area contributed by atoms with Crippen molar-refractivity contribution in [3.8, 4) is 0 Å². The van der Waals surface area contributed by atoms with Crippen LogP contribution >= 0.6 is 0 Å². The van der Waals surface area contributed by atoms with E-state index < -0.39 is 11.6 Å². The first-order valence-corrected chi connectivity index (χ1v) is 7.10. The van der Waals surface area contributed by atoms with Crippen LogP contribution in [0.1, 0.15) is 38.4 Å². The van der Waals surface area contributed by atoms with E-state index in [1.165, 1.54) is 11.2 Å². The van der Waals surface area contributed by atoms with Crippen molar-refractivity contribution in [2.75, 3.05) is 0 Å². The summed E-state index contributed by atoms with van der Waals surface area (Å²) in [7, 11) is 0. The molecule has 0 bridgehead atoms. The zero-order valence-electron chi connectivity index (χ0n) is 11.5. The fraction of sp³-hybridized carbons (Fsp3) is 0.600. The van der Waals surface area contributed by atoms with E-state index in [0.717, 1.165) is 6.42 Å². The second-order valence-corrected chi connectivity index (χ2v) is 5.88. The predicted octanol–water partition coefficient (Wildman–Crippen LogP) is 1.71. The number of hydrogen-bond acceptors (Lipinski definition) is 4. The number of nitrogens with zero attached hydrogens (tertiary/aromatic N) is 1. The largest absolute Gasteiger partial charge is 0.467 e. The van der Waals surface area contributed by atoms with Crippen molar-refractivity contribution in [3.63, 3.8) is 0 Å². The van der Waals surface area contributed by atoms with Gasteiger partial charge in [0.15, 0.2) is 0 Å². The Hall–Kier alpha value is -1.62. The average molecular weight is 277 g/mol. The molecule has 2 fully saturated rings. The highest BCUT2D eigenvalue weighted by molar-refractivity contribution is 6.08. The van der Waals surface area contributed by atoms with E-state index in [0.29, 0.717) is 25.0 Å². The Morgan fingerprint density at radius 3 is 2.90 bits per heavy atom. The van der Waals surface area contributed by atoms with Crippen LogP contribution in [-0.2, 0) is 16.1 Å². The molecular formula is C15H19NO4. The summed E-state index contributed by atoms with van der Waals surface area (Å²) in [6, 6.07) is 3.51. The van der Waals surface area contributed by atoms with Gasteiger partial charge in [0.05, 0.1) is 12.8 Å². The molecule has 0 aromatic carbocycles. The maximum atomic E-state index is 12.8. The second-order valence-electron chi connectivity index (χ2n) is 5.88. The lowest BCUT2D eigenvalue weighted by Crippen LogP contribution is -2.58. The van der Waals surface area contributed by atoms with E-state index >= 15 is 0 Å². The minimum atomic E-state index is -0.911. The van der Waals surface area contributed by atoms with Crippen molar-refractivity contribution in [1.82, 2.24) is 4.90 Å². The summed E-state index contributed by atoms with van der Waals surface area (Å²) in [4.78, 5) is 26.5. The van der Waals surface area contributed by atoms with Gasteiger partial charge in [-0.25, -0.2) is 0 Å². The molecule has 1 aliphatic heterocycles. The number of aliphatic hydroxyl groups excluding tert-OH is 1. The summed E-state index contributed by atoms with van der Waals surface area (Å²) >= 11 is 0. The SMILES string of the molecule is CC1CC(O)N(Cc2ccco2)C(=O)C12CCCC2=O. The van der Waals surface area contributed by atoms with Crippen molar-refractivity contribution in [3.05, 3.63) is 24.2 Å². The zero-order chi connectivity index (χ0) is 14.3. The lowest BCUT2D eigenvalue weighted by molar-refractivity contribution is -0.173. The van der Waals surface area contributed by atoms with Crippen molar-refractivity contribution < 1.29 is 19.1 Å². The minimum absolute atomic E-state index is 0.0337. The lowest BCUT2D eigenvalue weighted by atomic mass is 9.68. The average Bonchev–Trinajstić information content (AvgIpc) is 3.03. The van der Waals surface area contributed by atoms with Crippen LogP contribution in [0, 0.1) is 11.3 Å². The molecule has 108 valence electrons. The molecule has 3 atom stereocenters. The molecule has 1 aromatic heterocycles. The number of Topliss-reactive ketones (excluding diaryl/α,β-unsaturated/α-hetero) is 1. The smallest absolute Gasteiger partial charge is 0.238 e. The number of ketones is 1. The molecule has 0 radical (unpaired) electrons. The highest BCUT2D eigenvalue weighted by Crippen LogP contribution is 2.48. The van der Waals surface area contributed by atoms with Crippen LogP contribution in [0.3, 0.4) is 0 Å². The van der Waals surface area contributed by atoms with Gasteiger partial charge in [0.25, 0.3) is 0 Å². The number of hydrogen-bond donors (Lipinski definition) is 1. The Labute approximate surface area is 117 Å². The van der Waals surface area contributed by atoms with E-state index in [4.69, 9.17) is 4.42 Å². The molecule has 1 saturated heterocycles. The molecule has 1 N–H and O–H groups in total. The third kappa shape index (κ3) is 1.80. The van der Waals surface area contributed by atoms with Crippen LogP contribution < -0.4 is 0 Å². The molecule has 1 spiro atoms. The van der Waals surface area contributed by atoms with Crippen molar-refractivity contribution in [2.45, 2.75) is 45.4 Å². The first-order valence-electron chi connectivity index (χ1n) is 7.10. The van der Waals surface area contributed by atoms with Crippen molar-refractivity contribution in [1.29, 1.82) is 0 Å². The number of rotatable bonds is 2. The number of piperidine rings is 1. The number of carbonyl (C=O) groups excluding carboxylic acids is 2. The number of aliphatic hydroxyl groups is 1. The number of likely N-dealkylation sites (tertiary alicyclic amines) is 1. The van der Waals surface area contributed by atoms with E-state index in [1.807, 2.05) is 6.92 Å². The maximum Gasteiger partial charge on any atom is 0.238 e. The van der Waals surface area contributed by atoms with Gasteiger partial charge in [0, 0.05) is 6.42 Å². The van der Waals surface area contributed by atoms with Crippen LogP contribution in [0.2, 0.25) is 0 Å². The van der Waals surface area contributed by atoms with Gasteiger partial charge in [0.1, 0.15) is 23.2 Å². The van der Waals surface area contributed by atoms with Gasteiger partial charge in [-0.2, -0.15) is 0 Å². The Bertz CT molecular complexity index is 524. The summed E-state index contributed by atoms with van der Waals surface area (Å²) in [5.74, 6) is 0.314. The van der Waals surface area contributed by atoms with Gasteiger partial charge in [-0.1, -0.05) is 6.92 Å². The molecule has 20 heavy (non-hydrogen) atoms. The van der Waals surface area contributed by atoms with Crippen LogP contribution in [-0.4, -0.2) is 27.9 Å². The third-order valence-corrected chi connectivity index (χ3v) is 4.79. The molecule has 5 heteroatoms. The van der Waals surface area contributed by atoms with Gasteiger partial charge in [0.2, 0.25) is 5.91 Å². The Morgan fingerprint density at radius 2 is 2.30 bits per heavy atom. The second kappa shape index (κ2) is 4.74. The third-order valence-electron chi connectivity index (χ3n) is 4.79. The summed E-state index contributed by atoms with van der Waals surface area (Å²) in [6.45, 7) is 2.11. The molecule has 1 saturated carbocycles. The highest BCUT2D eigenvalue weighted by atomic mass is 16.3. The van der Waals surface area contributed by atoms with Gasteiger partial charge in [-0.05, 0) is 37.3 Å². The Balaban J connectivity index is 1.91. The standard InChI is InChI=1S/C15H19NO4/c1-10-8-13(18)16(9-11-4-3-7-20-11)14(19)15(10)6-2-5-12(15)17/h3-4,7,10,13,18H,2,5-6,8-9H2,1H3. The molecule has 3 unspecified atom stereocenters. The molecule has 3 rings (SSSR count). The molecule has 2 aliphatic rings. The fourth-order valence-electron chi connectivity index (χ4n) is 3.63. The normalized spacial score (nSPS) is 34.2. The molecule has 2 heterocycles. The number of amides is 1. The summed E-state index contributed by atoms with van der Waals surface area (Å²) in [6.07, 6.45) is 2.97. The van der Waals surface area contributed by atoms with Crippen molar-refractivity contribution in [2.24, 2.45) is 11.3 Å². The van der Waals surface area contributed by atoms with Gasteiger partial charge >= 0.3 is 0 Å². The lowest BCUT2D eigenvalue weighted by Gasteiger charge is -2.45. The molecular weight excluding hydrogens is 258 g/mol. The first-order chi connectivity index (χ1) is 9.55. The summed E-state index contributed by atoms with van der Waals surface area (Å²) in [5, 5.41) is 10.2.